The van der Waals surface area contributed by atoms with E-state index in [0.717, 1.165) is 26.0 Å². The number of fused-ring (bicyclic) bond motifs is 6. The van der Waals surface area contributed by atoms with Crippen molar-refractivity contribution in [1.29, 1.82) is 0 Å². The molecule has 9 aromatic rings. The summed E-state index contributed by atoms with van der Waals surface area (Å²) in [6, 6.07) is 68.1. The van der Waals surface area contributed by atoms with Crippen LogP contribution in [0.5, 0.6) is 0 Å². The van der Waals surface area contributed by atoms with Gasteiger partial charge < -0.3 is 9.47 Å². The van der Waals surface area contributed by atoms with Crippen molar-refractivity contribution < 1.29 is 0 Å². The minimum atomic E-state index is -0.0758. The highest BCUT2D eigenvalue weighted by molar-refractivity contribution is 9.11. The summed E-state index contributed by atoms with van der Waals surface area (Å²) in [5, 5.41) is 2.52. The minimum absolute atomic E-state index is 0.0758. The lowest BCUT2D eigenvalue weighted by Crippen LogP contribution is -2.26. The molecule has 0 fully saturated rings. The predicted molar refractivity (Wildman–Crippen MR) is 304 cm³/mol. The number of aromatic nitrogens is 1. The van der Waals surface area contributed by atoms with Gasteiger partial charge >= 0.3 is 0 Å². The minimum Gasteiger partial charge on any atom is -0.310 e. The van der Waals surface area contributed by atoms with Gasteiger partial charge in [-0.15, -0.1) is 0 Å². The lowest BCUT2D eigenvalue weighted by atomic mass is 9.70. The molecule has 0 radical (unpaired) electrons. The Morgan fingerprint density at radius 2 is 0.913 bits per heavy atom. The number of para-hydroxylation sites is 2. The van der Waals surface area contributed by atoms with E-state index in [0.29, 0.717) is 0 Å². The molecule has 0 unspecified atom stereocenters. The molecule has 4 heteroatoms. The Labute approximate surface area is 427 Å². The maximum absolute atomic E-state index is 3.81. The first kappa shape index (κ1) is 47.0. The standard InChI is InChI=1S/C65H64Br2N2/c1-3-5-7-9-11-21-39-65(40-22-12-10-8-6-4-2)61-43-49(50-41-51(66)44-52(67)42-50)31-36-57(61)58-37-34-56(46-62(58)65)69-63-28-20-19-27-59(63)60-45-55(35-38-64(60)69)68(53-25-17-14-18-26-53)54-32-29-48(30-33-54)47-23-15-13-16-24-47/h13-20,23-38,41-46H,3-12,21-22,39-40H2,1-2H3. The van der Waals surface area contributed by atoms with Gasteiger partial charge in [-0.1, -0.05) is 220 Å². The third-order valence-electron chi connectivity index (χ3n) is 14.9. The zero-order valence-electron chi connectivity index (χ0n) is 40.4. The second kappa shape index (κ2) is 21.5. The number of nitrogens with zero attached hydrogens (tertiary/aromatic N) is 2. The Bertz CT molecular complexity index is 3130. The van der Waals surface area contributed by atoms with Gasteiger partial charge in [-0.3, -0.25) is 0 Å². The summed E-state index contributed by atoms with van der Waals surface area (Å²) in [5.41, 5.74) is 17.8. The van der Waals surface area contributed by atoms with Crippen molar-refractivity contribution in [1.82, 2.24) is 4.57 Å². The SMILES string of the molecule is CCCCCCCCC1(CCCCCCCC)c2cc(-c3cc(Br)cc(Br)c3)ccc2-c2ccc(-n3c4ccccc4c4cc(N(c5ccccc5)c5ccc(-c6ccccc6)cc5)ccc43)cc21. The van der Waals surface area contributed by atoms with E-state index in [1.54, 1.807) is 0 Å². The molecular weight excluding hydrogens is 969 g/mol. The fourth-order valence-electron chi connectivity index (χ4n) is 11.4. The topological polar surface area (TPSA) is 8.17 Å². The monoisotopic (exact) mass is 1030 g/mol. The first-order chi connectivity index (χ1) is 34.0. The largest absolute Gasteiger partial charge is 0.310 e. The summed E-state index contributed by atoms with van der Waals surface area (Å²) in [6.07, 6.45) is 17.9. The van der Waals surface area contributed by atoms with Crippen LogP contribution in [0.3, 0.4) is 0 Å². The molecule has 0 saturated carbocycles. The molecule has 8 aromatic carbocycles. The predicted octanol–water partition coefficient (Wildman–Crippen LogP) is 20.9. The lowest BCUT2D eigenvalue weighted by molar-refractivity contribution is 0.398. The normalized spacial score (nSPS) is 12.7. The van der Waals surface area contributed by atoms with E-state index in [9.17, 15) is 0 Å². The lowest BCUT2D eigenvalue weighted by Gasteiger charge is -2.33. The molecule has 0 bridgehead atoms. The molecule has 0 saturated heterocycles. The fourth-order valence-corrected chi connectivity index (χ4v) is 12.7. The first-order valence-electron chi connectivity index (χ1n) is 25.8. The second-order valence-corrected chi connectivity index (χ2v) is 21.2. The molecule has 69 heavy (non-hydrogen) atoms. The van der Waals surface area contributed by atoms with Crippen LogP contribution in [0.2, 0.25) is 0 Å². The molecular formula is C65H64Br2N2. The van der Waals surface area contributed by atoms with Crippen LogP contribution in [0.4, 0.5) is 17.1 Å². The average molecular weight is 1030 g/mol. The molecule has 348 valence electrons. The van der Waals surface area contributed by atoms with Gasteiger partial charge in [-0.2, -0.15) is 0 Å². The molecule has 10 rings (SSSR count). The fraction of sp³-hybridized carbons (Fsp3) is 0.262. The molecule has 1 aliphatic rings. The van der Waals surface area contributed by atoms with E-state index in [2.05, 4.69) is 237 Å². The summed E-state index contributed by atoms with van der Waals surface area (Å²) in [7, 11) is 0. The number of halogens is 2. The molecule has 0 atom stereocenters. The molecule has 2 nitrogen and oxygen atoms in total. The summed E-state index contributed by atoms with van der Waals surface area (Å²) in [6.45, 7) is 4.64. The van der Waals surface area contributed by atoms with E-state index in [1.165, 1.54) is 162 Å². The van der Waals surface area contributed by atoms with Crippen molar-refractivity contribution in [3.63, 3.8) is 0 Å². The number of hydrogen-bond donors (Lipinski definition) is 0. The van der Waals surface area contributed by atoms with Crippen molar-refractivity contribution in [2.24, 2.45) is 0 Å². The number of hydrogen-bond acceptors (Lipinski definition) is 1. The van der Waals surface area contributed by atoms with Gasteiger partial charge in [0.2, 0.25) is 0 Å². The third kappa shape index (κ3) is 9.77. The van der Waals surface area contributed by atoms with Crippen LogP contribution in [0, 0.1) is 0 Å². The van der Waals surface area contributed by atoms with Crippen LogP contribution >= 0.6 is 31.9 Å². The van der Waals surface area contributed by atoms with Crippen molar-refractivity contribution in [2.75, 3.05) is 4.90 Å². The summed E-state index contributed by atoms with van der Waals surface area (Å²) in [5.74, 6) is 0. The molecule has 0 amide bonds. The van der Waals surface area contributed by atoms with E-state index >= 15 is 0 Å². The number of benzene rings is 8. The maximum Gasteiger partial charge on any atom is 0.0542 e. The van der Waals surface area contributed by atoms with Gasteiger partial charge in [0.15, 0.2) is 0 Å². The first-order valence-corrected chi connectivity index (χ1v) is 27.3. The zero-order chi connectivity index (χ0) is 47.2. The molecule has 1 heterocycles. The molecule has 0 N–H and O–H groups in total. The third-order valence-corrected chi connectivity index (χ3v) is 15.8. The van der Waals surface area contributed by atoms with Crippen molar-refractivity contribution in [3.05, 3.63) is 202 Å². The maximum atomic E-state index is 3.81. The number of anilines is 3. The van der Waals surface area contributed by atoms with Gasteiger partial charge in [0.25, 0.3) is 0 Å². The van der Waals surface area contributed by atoms with Gasteiger partial charge in [0, 0.05) is 47.9 Å². The Morgan fingerprint density at radius 1 is 0.391 bits per heavy atom. The summed E-state index contributed by atoms with van der Waals surface area (Å²) in [4.78, 5) is 2.40. The summed E-state index contributed by atoms with van der Waals surface area (Å²) < 4.78 is 4.73. The quantitative estimate of drug-likeness (QED) is 0.0691. The van der Waals surface area contributed by atoms with Crippen LogP contribution in [0.1, 0.15) is 115 Å². The van der Waals surface area contributed by atoms with Crippen molar-refractivity contribution in [3.8, 4) is 39.1 Å². The molecule has 1 aliphatic carbocycles. The number of unbranched alkanes of at least 4 members (excludes halogenated alkanes) is 10. The number of rotatable bonds is 20. The van der Waals surface area contributed by atoms with E-state index in [1.807, 2.05) is 0 Å². The highest BCUT2D eigenvalue weighted by Crippen LogP contribution is 2.56. The molecule has 1 aromatic heterocycles. The Balaban J connectivity index is 1.10. The van der Waals surface area contributed by atoms with E-state index < -0.39 is 0 Å². The smallest absolute Gasteiger partial charge is 0.0542 e. The van der Waals surface area contributed by atoms with Gasteiger partial charge in [0.05, 0.1) is 11.0 Å². The Hall–Kier alpha value is -5.68. The highest BCUT2D eigenvalue weighted by atomic mass is 79.9. The average Bonchev–Trinajstić information content (AvgIpc) is 3.85. The molecule has 0 aliphatic heterocycles. The Morgan fingerprint density at radius 3 is 1.59 bits per heavy atom. The second-order valence-electron chi connectivity index (χ2n) is 19.4. The van der Waals surface area contributed by atoms with E-state index in [-0.39, 0.29) is 5.41 Å². The highest BCUT2D eigenvalue weighted by Gasteiger charge is 2.43. The van der Waals surface area contributed by atoms with Crippen molar-refractivity contribution in [2.45, 2.75) is 109 Å². The van der Waals surface area contributed by atoms with Gasteiger partial charge in [0.1, 0.15) is 0 Å². The molecule has 0 spiro atoms. The Kier molecular flexibility index (Phi) is 14.7. The van der Waals surface area contributed by atoms with Crippen LogP contribution in [0.15, 0.2) is 191 Å². The van der Waals surface area contributed by atoms with Crippen LogP contribution in [0.25, 0.3) is 60.9 Å². The van der Waals surface area contributed by atoms with Crippen LogP contribution in [-0.4, -0.2) is 4.57 Å². The van der Waals surface area contributed by atoms with Gasteiger partial charge in [-0.25, -0.2) is 0 Å². The van der Waals surface area contributed by atoms with Gasteiger partial charge in [-0.05, 0) is 142 Å². The zero-order valence-corrected chi connectivity index (χ0v) is 43.5. The van der Waals surface area contributed by atoms with Crippen LogP contribution < -0.4 is 4.90 Å². The van der Waals surface area contributed by atoms with Crippen molar-refractivity contribution >= 4 is 70.7 Å². The van der Waals surface area contributed by atoms with Crippen LogP contribution in [-0.2, 0) is 5.41 Å². The summed E-state index contributed by atoms with van der Waals surface area (Å²) >= 11 is 7.61. The van der Waals surface area contributed by atoms with E-state index in [4.69, 9.17) is 0 Å².